The lowest BCUT2D eigenvalue weighted by atomic mass is 10.1. The molecular weight excluding hydrogens is 393 g/mol. The number of fused-ring (bicyclic) bond motifs is 1. The zero-order valence-electron chi connectivity index (χ0n) is 16.6. The number of hydrogen-bond donors (Lipinski definition) is 3. The number of likely N-dealkylation sites (N-methyl/N-ethyl adjacent to an activating group) is 1. The van der Waals surface area contributed by atoms with Crippen LogP contribution in [-0.2, 0) is 25.5 Å². The first-order valence-electron chi connectivity index (χ1n) is 9.73. The van der Waals surface area contributed by atoms with Crippen molar-refractivity contribution in [3.8, 4) is 0 Å². The molecule has 1 aromatic carbocycles. The van der Waals surface area contributed by atoms with Crippen LogP contribution in [0.15, 0.2) is 34.9 Å². The Morgan fingerprint density at radius 1 is 1.23 bits per heavy atom. The van der Waals surface area contributed by atoms with Crippen LogP contribution >= 0.6 is 0 Å². The first-order chi connectivity index (χ1) is 14.4. The fourth-order valence-electron chi connectivity index (χ4n) is 3.39. The van der Waals surface area contributed by atoms with Gasteiger partial charge in [0, 0.05) is 50.0 Å². The van der Waals surface area contributed by atoms with Crippen molar-refractivity contribution in [3.63, 3.8) is 0 Å². The van der Waals surface area contributed by atoms with E-state index in [0.717, 1.165) is 10.9 Å². The summed E-state index contributed by atoms with van der Waals surface area (Å²) in [6.07, 6.45) is 0.591. The van der Waals surface area contributed by atoms with Crippen molar-refractivity contribution in [3.05, 3.63) is 36.1 Å². The number of para-hydroxylation sites is 1. The molecule has 1 fully saturated rings. The van der Waals surface area contributed by atoms with E-state index in [0.29, 0.717) is 25.2 Å². The topological polar surface area (TPSA) is 133 Å². The van der Waals surface area contributed by atoms with Crippen LogP contribution in [0.2, 0.25) is 0 Å². The SMILES string of the molecule is CCN1CCN(CCC(=O)N[C@@H](Cc2coc3ccccc23)OB(O)O)C(=O)C1=O. The van der Waals surface area contributed by atoms with Gasteiger partial charge in [0.25, 0.3) is 0 Å². The minimum atomic E-state index is -2.07. The molecule has 2 heterocycles. The predicted molar refractivity (Wildman–Crippen MR) is 107 cm³/mol. The molecule has 1 atom stereocenters. The minimum Gasteiger partial charge on any atom is -0.464 e. The molecule has 2 aromatic rings. The number of nitrogens with one attached hydrogen (secondary N) is 1. The molecule has 10 nitrogen and oxygen atoms in total. The van der Waals surface area contributed by atoms with Crippen molar-refractivity contribution in [2.24, 2.45) is 0 Å². The second-order valence-corrected chi connectivity index (χ2v) is 6.91. The van der Waals surface area contributed by atoms with Gasteiger partial charge in [-0.05, 0) is 13.0 Å². The van der Waals surface area contributed by atoms with Gasteiger partial charge in [-0.25, -0.2) is 0 Å². The van der Waals surface area contributed by atoms with Gasteiger partial charge in [-0.2, -0.15) is 0 Å². The molecule has 0 bridgehead atoms. The number of furan rings is 1. The summed E-state index contributed by atoms with van der Waals surface area (Å²) in [5, 5.41) is 21.8. The zero-order chi connectivity index (χ0) is 21.7. The van der Waals surface area contributed by atoms with Gasteiger partial charge in [-0.15, -0.1) is 0 Å². The van der Waals surface area contributed by atoms with E-state index in [1.54, 1.807) is 13.0 Å². The third-order valence-electron chi connectivity index (χ3n) is 4.96. The van der Waals surface area contributed by atoms with Crippen molar-refractivity contribution < 1.29 is 33.5 Å². The number of piperazine rings is 1. The molecule has 11 heteroatoms. The summed E-state index contributed by atoms with van der Waals surface area (Å²) in [6.45, 7) is 3.13. The average molecular weight is 417 g/mol. The summed E-state index contributed by atoms with van der Waals surface area (Å²) < 4.78 is 10.5. The van der Waals surface area contributed by atoms with E-state index in [9.17, 15) is 24.4 Å². The summed E-state index contributed by atoms with van der Waals surface area (Å²) in [4.78, 5) is 39.2. The molecule has 3 rings (SSSR count). The molecule has 0 unspecified atom stereocenters. The molecule has 160 valence electrons. The van der Waals surface area contributed by atoms with Crippen LogP contribution in [0.5, 0.6) is 0 Å². The molecule has 3 amide bonds. The van der Waals surface area contributed by atoms with Crippen molar-refractivity contribution >= 4 is 36.0 Å². The molecule has 1 saturated heterocycles. The second kappa shape index (κ2) is 9.74. The van der Waals surface area contributed by atoms with Crippen LogP contribution in [0.25, 0.3) is 11.0 Å². The summed E-state index contributed by atoms with van der Waals surface area (Å²) in [5.74, 6) is -1.65. The van der Waals surface area contributed by atoms with Gasteiger partial charge < -0.3 is 34.2 Å². The Morgan fingerprint density at radius 3 is 2.67 bits per heavy atom. The standard InChI is InChI=1S/C19H24BN3O7/c1-2-22-9-10-23(19(26)18(22)25)8-7-16(24)21-17(30-20(27)28)11-13-12-29-15-6-4-3-5-14(13)15/h3-6,12,17,27-28H,2,7-11H2,1H3,(H,21,24)/t17-/m1/s1. The van der Waals surface area contributed by atoms with Gasteiger partial charge in [-0.1, -0.05) is 18.2 Å². The highest BCUT2D eigenvalue weighted by Crippen LogP contribution is 2.22. The quantitative estimate of drug-likeness (QED) is 0.284. The monoisotopic (exact) mass is 417 g/mol. The van der Waals surface area contributed by atoms with E-state index in [1.807, 2.05) is 18.2 Å². The predicted octanol–water partition coefficient (Wildman–Crippen LogP) is -0.515. The van der Waals surface area contributed by atoms with Crippen LogP contribution < -0.4 is 5.32 Å². The highest BCUT2D eigenvalue weighted by Gasteiger charge is 2.31. The lowest BCUT2D eigenvalue weighted by Gasteiger charge is -2.33. The van der Waals surface area contributed by atoms with Crippen LogP contribution in [-0.4, -0.2) is 77.3 Å². The fourth-order valence-corrected chi connectivity index (χ4v) is 3.39. The van der Waals surface area contributed by atoms with Gasteiger partial charge in [0.05, 0.1) is 6.26 Å². The van der Waals surface area contributed by atoms with E-state index in [-0.39, 0.29) is 19.4 Å². The molecule has 30 heavy (non-hydrogen) atoms. The smallest absolute Gasteiger partial charge is 0.464 e. The van der Waals surface area contributed by atoms with E-state index in [1.165, 1.54) is 16.1 Å². The Balaban J connectivity index is 1.57. The van der Waals surface area contributed by atoms with Crippen molar-refractivity contribution in [2.75, 3.05) is 26.2 Å². The van der Waals surface area contributed by atoms with E-state index >= 15 is 0 Å². The van der Waals surface area contributed by atoms with Crippen molar-refractivity contribution in [2.45, 2.75) is 26.0 Å². The molecular formula is C19H24BN3O7. The van der Waals surface area contributed by atoms with E-state index < -0.39 is 31.3 Å². The van der Waals surface area contributed by atoms with E-state index in [2.05, 4.69) is 5.32 Å². The van der Waals surface area contributed by atoms with Crippen LogP contribution in [0, 0.1) is 0 Å². The summed E-state index contributed by atoms with van der Waals surface area (Å²) in [7, 11) is -2.07. The number of benzene rings is 1. The van der Waals surface area contributed by atoms with Crippen molar-refractivity contribution in [1.82, 2.24) is 15.1 Å². The highest BCUT2D eigenvalue weighted by molar-refractivity contribution is 6.35. The Hall–Kier alpha value is -2.89. The van der Waals surface area contributed by atoms with Crippen LogP contribution in [0.1, 0.15) is 18.9 Å². The first kappa shape index (κ1) is 21.8. The van der Waals surface area contributed by atoms with Gasteiger partial charge in [-0.3, -0.25) is 14.4 Å². The number of nitrogens with zero attached hydrogens (tertiary/aromatic N) is 2. The third kappa shape index (κ3) is 5.18. The molecule has 0 aliphatic carbocycles. The van der Waals surface area contributed by atoms with Gasteiger partial charge >= 0.3 is 19.1 Å². The molecule has 0 radical (unpaired) electrons. The normalized spacial score (nSPS) is 15.6. The number of rotatable bonds is 9. The summed E-state index contributed by atoms with van der Waals surface area (Å²) >= 11 is 0. The minimum absolute atomic E-state index is 0.0569. The number of carbonyl (C=O) groups is 3. The zero-order valence-corrected chi connectivity index (χ0v) is 16.6. The second-order valence-electron chi connectivity index (χ2n) is 6.91. The van der Waals surface area contributed by atoms with Gasteiger partial charge in [0.15, 0.2) is 0 Å². The largest absolute Gasteiger partial charge is 0.635 e. The molecule has 1 aliphatic heterocycles. The Kier molecular flexibility index (Phi) is 7.09. The van der Waals surface area contributed by atoms with Crippen molar-refractivity contribution in [1.29, 1.82) is 0 Å². The maximum Gasteiger partial charge on any atom is 0.635 e. The Bertz CT molecular complexity index is 916. The Morgan fingerprint density at radius 2 is 1.93 bits per heavy atom. The summed E-state index contributed by atoms with van der Waals surface area (Å²) in [6, 6.07) is 7.31. The lowest BCUT2D eigenvalue weighted by molar-refractivity contribution is -0.156. The molecule has 0 spiro atoms. The molecule has 0 saturated carbocycles. The number of amides is 3. The van der Waals surface area contributed by atoms with E-state index in [4.69, 9.17) is 9.07 Å². The fraction of sp³-hybridized carbons (Fsp3) is 0.421. The average Bonchev–Trinajstić information content (AvgIpc) is 3.11. The third-order valence-corrected chi connectivity index (χ3v) is 4.96. The highest BCUT2D eigenvalue weighted by atomic mass is 16.6. The summed E-state index contributed by atoms with van der Waals surface area (Å²) in [5.41, 5.74) is 1.39. The maximum atomic E-state index is 12.4. The van der Waals surface area contributed by atoms with Gasteiger partial charge in [0.2, 0.25) is 5.91 Å². The lowest BCUT2D eigenvalue weighted by Crippen LogP contribution is -2.54. The molecule has 1 aromatic heterocycles. The number of carbonyl (C=O) groups excluding carboxylic acids is 3. The van der Waals surface area contributed by atoms with Crippen LogP contribution in [0.4, 0.5) is 0 Å². The Labute approximate surface area is 173 Å². The molecule has 3 N–H and O–H groups in total. The van der Waals surface area contributed by atoms with Crippen LogP contribution in [0.3, 0.4) is 0 Å². The van der Waals surface area contributed by atoms with Gasteiger partial charge in [0.1, 0.15) is 11.8 Å². The maximum absolute atomic E-state index is 12.4. The number of hydrogen-bond acceptors (Lipinski definition) is 7. The first-order valence-corrected chi connectivity index (χ1v) is 9.73. The molecule has 1 aliphatic rings.